The number of Topliss-reactive ketones (excluding diaryl/α,β-unsaturated/α-hetero) is 1. The van der Waals surface area contributed by atoms with Crippen LogP contribution >= 0.6 is 0 Å². The van der Waals surface area contributed by atoms with Gasteiger partial charge in [-0.05, 0) is 89.5 Å². The molecule has 2 aliphatic carbocycles. The van der Waals surface area contributed by atoms with Crippen LogP contribution in [0.1, 0.15) is 126 Å². The smallest absolute Gasteiger partial charge is 0.305 e. The minimum absolute atomic E-state index is 0.0205. The molecule has 0 aliphatic heterocycles. The zero-order valence-corrected chi connectivity index (χ0v) is 26.0. The molecule has 0 aromatic rings. The number of rotatable bonds is 13. The fourth-order valence-electron chi connectivity index (χ4n) is 5.73. The van der Waals surface area contributed by atoms with Gasteiger partial charge in [-0.2, -0.15) is 0 Å². The molecule has 218 valence electrons. The summed E-state index contributed by atoms with van der Waals surface area (Å²) in [5, 5.41) is 0. The third kappa shape index (κ3) is 11.7. The predicted octanol–water partition coefficient (Wildman–Crippen LogP) is 9.91. The van der Waals surface area contributed by atoms with Crippen molar-refractivity contribution in [3.63, 3.8) is 0 Å². The molecule has 4 unspecified atom stereocenters. The van der Waals surface area contributed by atoms with Gasteiger partial charge < -0.3 is 14.3 Å². The summed E-state index contributed by atoms with van der Waals surface area (Å²) < 4.78 is 10.5. The van der Waals surface area contributed by atoms with Crippen LogP contribution in [0.25, 0.3) is 0 Å². The summed E-state index contributed by atoms with van der Waals surface area (Å²) in [5.41, 5.74) is 2.92. The van der Waals surface area contributed by atoms with E-state index in [2.05, 4.69) is 33.1 Å². The molecule has 0 spiro atoms. The maximum atomic E-state index is 11.9. The maximum Gasteiger partial charge on any atom is 0.305 e. The van der Waals surface area contributed by atoms with E-state index in [1.54, 1.807) is 12.5 Å². The van der Waals surface area contributed by atoms with Crippen molar-refractivity contribution >= 4 is 11.8 Å². The van der Waals surface area contributed by atoms with Gasteiger partial charge in [0.25, 0.3) is 0 Å². The average molecular weight is 531 g/mol. The SMILES string of the molecule is C=C1CCC2C(=CCC(COC(=O)CCC)C2CCCC)C1(C)CCCC(C)=O.C=CO/C(C)=C\C.CC. The van der Waals surface area contributed by atoms with Gasteiger partial charge in [-0.3, -0.25) is 4.79 Å². The van der Waals surface area contributed by atoms with E-state index in [0.29, 0.717) is 37.2 Å². The molecular weight excluding hydrogens is 472 g/mol. The molecule has 2 aliphatic rings. The molecule has 0 amide bonds. The van der Waals surface area contributed by atoms with Gasteiger partial charge in [0.1, 0.15) is 5.78 Å². The van der Waals surface area contributed by atoms with Gasteiger partial charge in [0.15, 0.2) is 0 Å². The molecule has 4 atom stereocenters. The molecule has 1 saturated carbocycles. The summed E-state index contributed by atoms with van der Waals surface area (Å²) in [6.07, 6.45) is 16.6. The lowest BCUT2D eigenvalue weighted by atomic mass is 9.55. The summed E-state index contributed by atoms with van der Waals surface area (Å²) >= 11 is 0. The van der Waals surface area contributed by atoms with Crippen LogP contribution in [-0.4, -0.2) is 18.4 Å². The topological polar surface area (TPSA) is 52.6 Å². The highest BCUT2D eigenvalue weighted by Crippen LogP contribution is 2.56. The van der Waals surface area contributed by atoms with Gasteiger partial charge in [0.05, 0.1) is 18.6 Å². The van der Waals surface area contributed by atoms with Crippen molar-refractivity contribution in [3.8, 4) is 0 Å². The van der Waals surface area contributed by atoms with E-state index in [4.69, 9.17) is 9.47 Å². The van der Waals surface area contributed by atoms with E-state index in [9.17, 15) is 9.59 Å². The Hall–Kier alpha value is -2.10. The van der Waals surface area contributed by atoms with Crippen molar-refractivity contribution in [3.05, 3.63) is 48.5 Å². The molecule has 38 heavy (non-hydrogen) atoms. The molecule has 0 bridgehead atoms. The first-order chi connectivity index (χ1) is 18.1. The average Bonchev–Trinajstić information content (AvgIpc) is 2.90. The molecule has 4 heteroatoms. The molecule has 0 heterocycles. The number of ketones is 1. The second kappa shape index (κ2) is 19.9. The second-order valence-electron chi connectivity index (χ2n) is 10.7. The minimum Gasteiger partial charge on any atom is -0.471 e. The van der Waals surface area contributed by atoms with E-state index in [1.807, 2.05) is 40.7 Å². The number of allylic oxidation sites excluding steroid dienone is 5. The van der Waals surface area contributed by atoms with Crippen LogP contribution in [0, 0.1) is 23.2 Å². The first-order valence-corrected chi connectivity index (χ1v) is 15.1. The van der Waals surface area contributed by atoms with E-state index in [0.717, 1.165) is 37.9 Å². The molecular formula is C34H58O4. The molecule has 2 rings (SSSR count). The Morgan fingerprint density at radius 2 is 1.82 bits per heavy atom. The van der Waals surface area contributed by atoms with Crippen molar-refractivity contribution in [1.29, 1.82) is 0 Å². The first-order valence-electron chi connectivity index (χ1n) is 15.1. The molecule has 1 fully saturated rings. The highest BCUT2D eigenvalue weighted by Gasteiger charge is 2.45. The number of carbonyl (C=O) groups excluding carboxylic acids is 2. The highest BCUT2D eigenvalue weighted by molar-refractivity contribution is 5.75. The second-order valence-corrected chi connectivity index (χ2v) is 10.7. The molecule has 0 N–H and O–H groups in total. The zero-order valence-electron chi connectivity index (χ0n) is 26.0. The fourth-order valence-corrected chi connectivity index (χ4v) is 5.73. The lowest BCUT2D eigenvalue weighted by molar-refractivity contribution is -0.146. The molecule has 0 radical (unpaired) electrons. The van der Waals surface area contributed by atoms with Crippen LogP contribution in [0.4, 0.5) is 0 Å². The van der Waals surface area contributed by atoms with Crippen molar-refractivity contribution in [2.24, 2.45) is 23.2 Å². The van der Waals surface area contributed by atoms with Gasteiger partial charge in [-0.25, -0.2) is 0 Å². The minimum atomic E-state index is -0.0531. The molecule has 0 saturated heterocycles. The van der Waals surface area contributed by atoms with E-state index >= 15 is 0 Å². The van der Waals surface area contributed by atoms with Crippen molar-refractivity contribution in [2.45, 2.75) is 126 Å². The molecule has 4 nitrogen and oxygen atoms in total. The quantitative estimate of drug-likeness (QED) is 0.135. The number of hydrogen-bond acceptors (Lipinski definition) is 4. The Balaban J connectivity index is 0.00000132. The largest absolute Gasteiger partial charge is 0.471 e. The number of ether oxygens (including phenoxy) is 2. The Morgan fingerprint density at radius 1 is 1.13 bits per heavy atom. The zero-order chi connectivity index (χ0) is 29.1. The van der Waals surface area contributed by atoms with Crippen LogP contribution < -0.4 is 0 Å². The molecule has 0 aromatic heterocycles. The maximum absolute atomic E-state index is 11.9. The van der Waals surface area contributed by atoms with Gasteiger partial charge in [-0.1, -0.05) is 77.8 Å². The summed E-state index contributed by atoms with van der Waals surface area (Å²) in [7, 11) is 0. The monoisotopic (exact) mass is 530 g/mol. The normalized spacial score (nSPS) is 24.4. The summed E-state index contributed by atoms with van der Waals surface area (Å²) in [6.45, 7) is 24.5. The standard InChI is InChI=1S/C26H42O3.C6H10O.C2H6/c1-6-8-12-22-21(18-29-25(28)10-7-2)14-16-24-23(22)15-13-19(3)26(24,5)17-9-11-20(4)27;1-4-6(3)7-5-2;1-2/h16,21-23H,3,6-15,17-18H2,1-2,4-5H3;4-5H,2H2,1,3H3;1-2H3/b;6-4-;. The van der Waals surface area contributed by atoms with Crippen molar-refractivity contribution in [2.75, 3.05) is 6.61 Å². The third-order valence-electron chi connectivity index (χ3n) is 8.02. The van der Waals surface area contributed by atoms with Gasteiger partial charge in [0.2, 0.25) is 0 Å². The van der Waals surface area contributed by atoms with Crippen LogP contribution in [0.5, 0.6) is 0 Å². The lowest BCUT2D eigenvalue weighted by Crippen LogP contribution is -2.41. The highest BCUT2D eigenvalue weighted by atomic mass is 16.5. The third-order valence-corrected chi connectivity index (χ3v) is 8.02. The lowest BCUT2D eigenvalue weighted by Gasteiger charge is -2.50. The Bertz CT molecular complexity index is 790. The van der Waals surface area contributed by atoms with Gasteiger partial charge in [0, 0.05) is 18.3 Å². The van der Waals surface area contributed by atoms with Crippen LogP contribution in [0.3, 0.4) is 0 Å². The Labute approximate surface area is 235 Å². The van der Waals surface area contributed by atoms with E-state index < -0.39 is 0 Å². The first kappa shape index (κ1) is 35.9. The van der Waals surface area contributed by atoms with Crippen LogP contribution in [0.2, 0.25) is 0 Å². The summed E-state index contributed by atoms with van der Waals surface area (Å²) in [4.78, 5) is 23.4. The summed E-state index contributed by atoms with van der Waals surface area (Å²) in [5.74, 6) is 2.70. The number of fused-ring (bicyclic) bond motifs is 1. The van der Waals surface area contributed by atoms with Gasteiger partial charge in [-0.15, -0.1) is 0 Å². The van der Waals surface area contributed by atoms with Crippen molar-refractivity contribution in [1.82, 2.24) is 0 Å². The summed E-state index contributed by atoms with van der Waals surface area (Å²) in [6, 6.07) is 0. The number of esters is 1. The van der Waals surface area contributed by atoms with E-state index in [1.165, 1.54) is 37.5 Å². The van der Waals surface area contributed by atoms with Crippen molar-refractivity contribution < 1.29 is 19.1 Å². The predicted molar refractivity (Wildman–Crippen MR) is 162 cm³/mol. The van der Waals surface area contributed by atoms with Gasteiger partial charge >= 0.3 is 5.97 Å². The fraction of sp³-hybridized carbons (Fsp3) is 0.706. The van der Waals surface area contributed by atoms with E-state index in [-0.39, 0.29) is 17.2 Å². The Morgan fingerprint density at radius 3 is 2.34 bits per heavy atom. The van der Waals surface area contributed by atoms with Crippen LogP contribution in [-0.2, 0) is 19.1 Å². The Kier molecular flexibility index (Phi) is 18.8. The van der Waals surface area contributed by atoms with Crippen LogP contribution in [0.15, 0.2) is 48.5 Å². The number of unbranched alkanes of at least 4 members (excludes halogenated alkanes) is 1. The number of carbonyl (C=O) groups is 2. The number of hydrogen-bond donors (Lipinski definition) is 0. The molecule has 0 aromatic carbocycles.